The zero-order valence-corrected chi connectivity index (χ0v) is 47.0. The minimum atomic E-state index is -1.57. The Morgan fingerprint density at radius 2 is 0.895 bits per heavy atom. The molecule has 2 N–H and O–H groups in total. The average molecular weight is 1090 g/mol. The molecular weight excluding hydrogens is 989 g/mol. The van der Waals surface area contributed by atoms with Crippen molar-refractivity contribution in [2.45, 2.75) is 143 Å². The fraction of sp³-hybridized carbons (Fsp3) is 0.750. The minimum absolute atomic E-state index is 0.0101. The zero-order chi connectivity index (χ0) is 57.0. The fourth-order valence-corrected chi connectivity index (χ4v) is 7.39. The number of esters is 6. The van der Waals surface area contributed by atoms with Crippen LogP contribution in [0.1, 0.15) is 118 Å². The van der Waals surface area contributed by atoms with Crippen molar-refractivity contribution in [2.75, 3.05) is 119 Å². The number of hydrogen-bond acceptors (Lipinski definition) is 20. The first-order valence-electron chi connectivity index (χ1n) is 26.9. The van der Waals surface area contributed by atoms with E-state index in [0.717, 1.165) is 82.7 Å². The van der Waals surface area contributed by atoms with Crippen molar-refractivity contribution in [1.29, 1.82) is 0 Å². The molecule has 0 aromatic carbocycles. The molecule has 4 unspecified atom stereocenters. The minimum Gasteiger partial charge on any atom is -0.465 e. The van der Waals surface area contributed by atoms with Gasteiger partial charge in [-0.25, -0.2) is 19.2 Å². The molecule has 0 aliphatic rings. The van der Waals surface area contributed by atoms with Crippen LogP contribution in [0.5, 0.6) is 0 Å². The van der Waals surface area contributed by atoms with E-state index in [-0.39, 0.29) is 51.5 Å². The van der Waals surface area contributed by atoms with Crippen LogP contribution in [-0.2, 0) is 76.1 Å². The van der Waals surface area contributed by atoms with E-state index in [4.69, 9.17) is 47.4 Å². The lowest BCUT2D eigenvalue weighted by atomic mass is 9.90. The highest BCUT2D eigenvalue weighted by molar-refractivity contribution is 5.82. The van der Waals surface area contributed by atoms with E-state index < -0.39 is 112 Å². The molecular formula is C56H96N2O18. The highest BCUT2D eigenvalue weighted by atomic mass is 16.6. The molecule has 438 valence electrons. The number of carbonyl (C=O) groups is 6. The van der Waals surface area contributed by atoms with Gasteiger partial charge in [0.25, 0.3) is 0 Å². The van der Waals surface area contributed by atoms with E-state index in [1.807, 2.05) is 25.8 Å². The molecule has 0 fully saturated rings. The molecule has 20 heteroatoms. The van der Waals surface area contributed by atoms with Gasteiger partial charge < -0.3 is 67.4 Å². The normalized spacial score (nSPS) is 13.2. The number of carbonyl (C=O) groups excluding carboxylic acids is 6. The smallest absolute Gasteiger partial charge is 0.330 e. The van der Waals surface area contributed by atoms with Gasteiger partial charge in [-0.3, -0.25) is 9.59 Å². The highest BCUT2D eigenvalue weighted by Gasteiger charge is 2.40. The second-order valence-electron chi connectivity index (χ2n) is 19.7. The monoisotopic (exact) mass is 1080 g/mol. The van der Waals surface area contributed by atoms with Gasteiger partial charge in [0.1, 0.15) is 39.6 Å². The van der Waals surface area contributed by atoms with Crippen molar-refractivity contribution >= 4 is 35.8 Å². The maximum Gasteiger partial charge on any atom is 0.330 e. The number of rotatable bonds is 51. The van der Waals surface area contributed by atoms with Crippen molar-refractivity contribution in [3.05, 3.63) is 50.6 Å². The predicted octanol–water partition coefficient (Wildman–Crippen LogP) is 5.89. The molecule has 0 radical (unpaired) electrons. The summed E-state index contributed by atoms with van der Waals surface area (Å²) in [6.45, 7) is 22.2. The van der Waals surface area contributed by atoms with Gasteiger partial charge in [0.15, 0.2) is 0 Å². The molecule has 0 saturated carbocycles. The summed E-state index contributed by atoms with van der Waals surface area (Å²) in [7, 11) is 2.01. The highest BCUT2D eigenvalue weighted by Crippen LogP contribution is 2.26. The van der Waals surface area contributed by atoms with E-state index in [2.05, 4.69) is 45.1 Å². The third-order valence-corrected chi connectivity index (χ3v) is 11.9. The Morgan fingerprint density at radius 1 is 0.487 bits per heavy atom. The summed E-state index contributed by atoms with van der Waals surface area (Å²) in [5.74, 6) is -4.73. The number of aliphatic hydroxyl groups excluding tert-OH is 2. The van der Waals surface area contributed by atoms with Gasteiger partial charge >= 0.3 is 35.8 Å². The maximum atomic E-state index is 13.6. The Balaban J connectivity index is 5.86. The Labute approximate surface area is 453 Å². The lowest BCUT2D eigenvalue weighted by Gasteiger charge is -2.35. The number of aliphatic hydroxyl groups is 2. The Hall–Kier alpha value is -4.54. The molecule has 76 heavy (non-hydrogen) atoms. The van der Waals surface area contributed by atoms with Crippen LogP contribution >= 0.6 is 0 Å². The van der Waals surface area contributed by atoms with Crippen LogP contribution in [-0.4, -0.2) is 199 Å². The molecule has 0 saturated heterocycles. The van der Waals surface area contributed by atoms with E-state index >= 15 is 0 Å². The largest absolute Gasteiger partial charge is 0.465 e. The zero-order valence-electron chi connectivity index (χ0n) is 47.0. The summed E-state index contributed by atoms with van der Waals surface area (Å²) in [5, 5.41) is 21.6. The van der Waals surface area contributed by atoms with Crippen LogP contribution < -0.4 is 0 Å². The van der Waals surface area contributed by atoms with Crippen LogP contribution in [0, 0.1) is 10.8 Å². The van der Waals surface area contributed by atoms with Gasteiger partial charge in [-0.1, -0.05) is 104 Å². The summed E-state index contributed by atoms with van der Waals surface area (Å²) in [4.78, 5) is 78.7. The molecule has 20 nitrogen and oxygen atoms in total. The summed E-state index contributed by atoms with van der Waals surface area (Å²) in [5.41, 5.74) is -3.08. The number of likely N-dealkylation sites (N-methyl/N-ethyl adjacent to an activating group) is 1. The van der Waals surface area contributed by atoms with Gasteiger partial charge in [-0.2, -0.15) is 0 Å². The third-order valence-electron chi connectivity index (χ3n) is 11.9. The fourth-order valence-electron chi connectivity index (χ4n) is 7.39. The standard InChI is InChI=1S/C56H96N2O18/c1-11-17-19-21-23-25-28-57(10)31-48(60)35-67-33-45(7)69-34-46(8)70-36-49(61)32-58(29-26-24-22-20-18-12-2)30-27-54(66)76-44-56(42-74-52(64)15-5,43-75-53(65)16-6)38-68-37-55(39-71-47(9)59,40-72-50(62)13-3)41-73-51(63)14-4/h13-16,45-46,48-49,60-61H,3-6,11-12,17-44H2,1-2,7-10H3. The maximum absolute atomic E-state index is 13.6. The first-order chi connectivity index (χ1) is 36.3. The first-order valence-corrected chi connectivity index (χ1v) is 26.9. The van der Waals surface area contributed by atoms with Gasteiger partial charge in [0, 0.05) is 50.9 Å². The van der Waals surface area contributed by atoms with E-state index in [1.54, 1.807) is 0 Å². The van der Waals surface area contributed by atoms with Crippen LogP contribution in [0.3, 0.4) is 0 Å². The molecule has 0 bridgehead atoms. The quantitative estimate of drug-likeness (QED) is 0.0312. The van der Waals surface area contributed by atoms with Gasteiger partial charge in [-0.15, -0.1) is 0 Å². The summed E-state index contributed by atoms with van der Waals surface area (Å²) in [6.07, 6.45) is 14.9. The van der Waals surface area contributed by atoms with Gasteiger partial charge in [0.2, 0.25) is 0 Å². The van der Waals surface area contributed by atoms with Crippen molar-refractivity contribution in [1.82, 2.24) is 9.80 Å². The molecule has 0 aliphatic heterocycles. The van der Waals surface area contributed by atoms with Crippen LogP contribution in [0.4, 0.5) is 0 Å². The molecule has 0 aromatic heterocycles. The molecule has 0 rings (SSSR count). The van der Waals surface area contributed by atoms with Crippen molar-refractivity contribution in [3.8, 4) is 0 Å². The number of nitrogens with zero attached hydrogens (tertiary/aromatic N) is 2. The molecule has 0 amide bonds. The van der Waals surface area contributed by atoms with Crippen LogP contribution in [0.2, 0.25) is 0 Å². The molecule has 0 spiro atoms. The second kappa shape index (κ2) is 44.4. The van der Waals surface area contributed by atoms with Crippen molar-refractivity contribution in [3.63, 3.8) is 0 Å². The number of ether oxygens (including phenoxy) is 10. The summed E-state index contributed by atoms with van der Waals surface area (Å²) >= 11 is 0. The Morgan fingerprint density at radius 3 is 1.37 bits per heavy atom. The van der Waals surface area contributed by atoms with Gasteiger partial charge in [0.05, 0.1) is 81.3 Å². The first kappa shape index (κ1) is 71.5. The van der Waals surface area contributed by atoms with E-state index in [0.29, 0.717) is 19.7 Å². The van der Waals surface area contributed by atoms with E-state index in [1.165, 1.54) is 32.1 Å². The van der Waals surface area contributed by atoms with Crippen molar-refractivity contribution in [2.24, 2.45) is 10.8 Å². The lowest BCUT2D eigenvalue weighted by molar-refractivity contribution is -0.171. The molecule has 4 atom stereocenters. The lowest BCUT2D eigenvalue weighted by Crippen LogP contribution is -2.47. The molecule has 0 aromatic rings. The van der Waals surface area contributed by atoms with Crippen LogP contribution in [0.15, 0.2) is 50.6 Å². The van der Waals surface area contributed by atoms with E-state index in [9.17, 15) is 39.0 Å². The van der Waals surface area contributed by atoms with Crippen LogP contribution in [0.25, 0.3) is 0 Å². The predicted molar refractivity (Wildman–Crippen MR) is 287 cm³/mol. The topological polar surface area (TPSA) is 242 Å². The average Bonchev–Trinajstić information content (AvgIpc) is 3.40. The SMILES string of the molecule is C=CC(=O)OCC(COCC(COC(=O)C=C)(COC(=O)C=C)COC(=O)CCN(CCCCCCCC)CC(O)COC(C)COC(C)COCC(O)CN(C)CCCCCCCC)(COC(C)=O)COC(=O)C=C. The molecule has 0 heterocycles. The van der Waals surface area contributed by atoms with Gasteiger partial charge in [-0.05, 0) is 46.8 Å². The number of unbranched alkanes of at least 4 members (excludes halogenated alkanes) is 10. The van der Waals surface area contributed by atoms with Crippen molar-refractivity contribution < 1.29 is 86.3 Å². The third kappa shape index (κ3) is 38.1. The Bertz CT molecular complexity index is 1610. The molecule has 0 aliphatic carbocycles. The Kier molecular flexibility index (Phi) is 41.8. The number of hydrogen-bond donors (Lipinski definition) is 2. The summed E-state index contributed by atoms with van der Waals surface area (Å²) in [6, 6.07) is 0. The second-order valence-corrected chi connectivity index (χ2v) is 19.7. The summed E-state index contributed by atoms with van der Waals surface area (Å²) < 4.78 is 56.1.